The van der Waals surface area contributed by atoms with E-state index in [2.05, 4.69) is 11.4 Å². The number of carbonyl (C=O) groups is 1. The number of hydrogen-bond donors (Lipinski definition) is 1. The Kier molecular flexibility index (Phi) is 2.68. The van der Waals surface area contributed by atoms with Gasteiger partial charge in [0.1, 0.15) is 0 Å². The average molecular weight is 200 g/mol. The Bertz CT molecular complexity index is 420. The van der Waals surface area contributed by atoms with Gasteiger partial charge in [0.05, 0.1) is 6.07 Å². The van der Waals surface area contributed by atoms with Crippen LogP contribution in [0.4, 0.5) is 0 Å². The van der Waals surface area contributed by atoms with Gasteiger partial charge in [-0.05, 0) is 24.5 Å². The largest absolute Gasteiger partial charge is 0.349 e. The molecule has 1 heterocycles. The molecule has 3 heteroatoms. The number of nitrogens with zero attached hydrogens (tertiary/aromatic N) is 1. The van der Waals surface area contributed by atoms with Gasteiger partial charge < -0.3 is 5.32 Å². The first-order chi connectivity index (χ1) is 7.31. The zero-order valence-corrected chi connectivity index (χ0v) is 8.36. The first-order valence-electron chi connectivity index (χ1n) is 5.07. The van der Waals surface area contributed by atoms with Crippen LogP contribution in [0.2, 0.25) is 0 Å². The van der Waals surface area contributed by atoms with E-state index in [9.17, 15) is 4.79 Å². The summed E-state index contributed by atoms with van der Waals surface area (Å²) in [5, 5.41) is 11.4. The molecule has 0 bridgehead atoms. The van der Waals surface area contributed by atoms with Gasteiger partial charge in [-0.2, -0.15) is 5.26 Å². The van der Waals surface area contributed by atoms with Crippen molar-refractivity contribution in [1.82, 2.24) is 5.32 Å². The molecule has 1 aromatic carbocycles. The second-order valence-electron chi connectivity index (χ2n) is 3.73. The molecule has 1 atom stereocenters. The Morgan fingerprint density at radius 1 is 1.47 bits per heavy atom. The number of rotatable bonds is 2. The second kappa shape index (κ2) is 4.14. The summed E-state index contributed by atoms with van der Waals surface area (Å²) >= 11 is 0. The van der Waals surface area contributed by atoms with Crippen LogP contribution in [0.1, 0.15) is 28.8 Å². The highest BCUT2D eigenvalue weighted by molar-refractivity contribution is 5.96. The maximum atomic E-state index is 11.7. The normalized spacial score (nSPS) is 18.9. The van der Waals surface area contributed by atoms with Gasteiger partial charge in [0.2, 0.25) is 0 Å². The van der Waals surface area contributed by atoms with Crippen LogP contribution in [0.3, 0.4) is 0 Å². The molecule has 1 aliphatic heterocycles. The predicted octanol–water partition coefficient (Wildman–Crippen LogP) is 1.64. The molecule has 0 saturated carbocycles. The first kappa shape index (κ1) is 9.72. The van der Waals surface area contributed by atoms with Crippen molar-refractivity contribution in [2.24, 2.45) is 0 Å². The summed E-state index contributed by atoms with van der Waals surface area (Å²) in [4.78, 5) is 11.7. The highest BCUT2D eigenvalue weighted by atomic mass is 16.1. The van der Waals surface area contributed by atoms with E-state index in [0.717, 1.165) is 24.0 Å². The zero-order valence-electron chi connectivity index (χ0n) is 8.36. The number of carbonyl (C=O) groups excluding carboxylic acids is 1. The van der Waals surface area contributed by atoms with Crippen molar-refractivity contribution in [3.63, 3.8) is 0 Å². The van der Waals surface area contributed by atoms with Gasteiger partial charge in [0.15, 0.2) is 0 Å². The predicted molar refractivity (Wildman–Crippen MR) is 56.2 cm³/mol. The van der Waals surface area contributed by atoms with Crippen LogP contribution >= 0.6 is 0 Å². The summed E-state index contributed by atoms with van der Waals surface area (Å²) in [6.07, 6.45) is 2.06. The monoisotopic (exact) mass is 200 g/mol. The quantitative estimate of drug-likeness (QED) is 0.789. The lowest BCUT2D eigenvalue weighted by molar-refractivity contribution is 0.0923. The smallest absolute Gasteiger partial charge is 0.251 e. The van der Waals surface area contributed by atoms with Crippen LogP contribution in [0.5, 0.6) is 0 Å². The third kappa shape index (κ3) is 1.99. The van der Waals surface area contributed by atoms with Crippen molar-refractivity contribution in [1.29, 1.82) is 5.26 Å². The van der Waals surface area contributed by atoms with Gasteiger partial charge >= 0.3 is 0 Å². The molecule has 1 aromatic rings. The fourth-order valence-corrected chi connectivity index (χ4v) is 1.91. The number of fused-ring (bicyclic) bond motifs is 1. The van der Waals surface area contributed by atoms with Gasteiger partial charge in [-0.15, -0.1) is 0 Å². The molecule has 0 spiro atoms. The van der Waals surface area contributed by atoms with Crippen LogP contribution in [-0.2, 0) is 6.42 Å². The number of benzene rings is 1. The Balaban J connectivity index is 2.16. The molecule has 2 rings (SSSR count). The van der Waals surface area contributed by atoms with E-state index >= 15 is 0 Å². The minimum absolute atomic E-state index is 0.0141. The van der Waals surface area contributed by atoms with Crippen LogP contribution < -0.4 is 5.32 Å². The van der Waals surface area contributed by atoms with E-state index in [-0.39, 0.29) is 11.9 Å². The molecular formula is C12H12N2O. The third-order valence-electron chi connectivity index (χ3n) is 2.67. The van der Waals surface area contributed by atoms with Crippen molar-refractivity contribution in [3.05, 3.63) is 35.4 Å². The van der Waals surface area contributed by atoms with E-state index in [0.29, 0.717) is 6.42 Å². The van der Waals surface area contributed by atoms with Gasteiger partial charge in [0.25, 0.3) is 5.91 Å². The van der Waals surface area contributed by atoms with E-state index in [4.69, 9.17) is 5.26 Å². The fourth-order valence-electron chi connectivity index (χ4n) is 1.91. The molecule has 0 saturated heterocycles. The Morgan fingerprint density at radius 2 is 2.27 bits per heavy atom. The molecule has 1 unspecified atom stereocenters. The Morgan fingerprint density at radius 3 is 3.07 bits per heavy atom. The summed E-state index contributed by atoms with van der Waals surface area (Å²) in [5.74, 6) is -0.0141. The minimum Gasteiger partial charge on any atom is -0.349 e. The summed E-state index contributed by atoms with van der Waals surface area (Å²) in [6.45, 7) is 0. The molecule has 0 aromatic heterocycles. The molecule has 3 nitrogen and oxygen atoms in total. The Labute approximate surface area is 88.7 Å². The van der Waals surface area contributed by atoms with E-state index in [1.807, 2.05) is 24.3 Å². The van der Waals surface area contributed by atoms with Crippen LogP contribution in [0, 0.1) is 11.3 Å². The molecule has 0 fully saturated rings. The van der Waals surface area contributed by atoms with Gasteiger partial charge in [0, 0.05) is 18.0 Å². The zero-order chi connectivity index (χ0) is 10.7. The van der Waals surface area contributed by atoms with Crippen LogP contribution in [-0.4, -0.2) is 11.9 Å². The molecule has 1 aliphatic rings. The van der Waals surface area contributed by atoms with Gasteiger partial charge in [-0.1, -0.05) is 18.2 Å². The topological polar surface area (TPSA) is 52.9 Å². The molecule has 1 amide bonds. The maximum Gasteiger partial charge on any atom is 0.251 e. The summed E-state index contributed by atoms with van der Waals surface area (Å²) in [7, 11) is 0. The van der Waals surface area contributed by atoms with Crippen molar-refractivity contribution < 1.29 is 4.79 Å². The van der Waals surface area contributed by atoms with Crippen molar-refractivity contribution >= 4 is 5.91 Å². The summed E-state index contributed by atoms with van der Waals surface area (Å²) in [5.41, 5.74) is 1.86. The van der Waals surface area contributed by atoms with E-state index in [1.165, 1.54) is 0 Å². The highest BCUT2D eigenvalue weighted by Crippen LogP contribution is 2.18. The second-order valence-corrected chi connectivity index (χ2v) is 3.73. The van der Waals surface area contributed by atoms with E-state index in [1.54, 1.807) is 0 Å². The van der Waals surface area contributed by atoms with Gasteiger partial charge in [-0.25, -0.2) is 0 Å². The molecule has 1 N–H and O–H groups in total. The Hall–Kier alpha value is -1.82. The molecular weight excluding hydrogens is 188 g/mol. The number of nitrogens with one attached hydrogen (secondary N) is 1. The van der Waals surface area contributed by atoms with Crippen molar-refractivity contribution in [2.75, 3.05) is 0 Å². The molecule has 76 valence electrons. The average Bonchev–Trinajstić information content (AvgIpc) is 2.26. The van der Waals surface area contributed by atoms with Crippen LogP contribution in [0.15, 0.2) is 24.3 Å². The van der Waals surface area contributed by atoms with Crippen LogP contribution in [0.25, 0.3) is 0 Å². The standard InChI is InChI=1S/C12H12N2O/c13-7-3-5-10-8-9-4-1-2-6-11(9)12(15)14-10/h1-2,4,6,10H,3,5,8H2,(H,14,15). The lowest BCUT2D eigenvalue weighted by Gasteiger charge is -2.24. The SMILES string of the molecule is N#CCCC1Cc2ccccc2C(=O)N1. The summed E-state index contributed by atoms with van der Waals surface area (Å²) in [6, 6.07) is 9.85. The van der Waals surface area contributed by atoms with Gasteiger partial charge in [-0.3, -0.25) is 4.79 Å². The lowest BCUT2D eigenvalue weighted by Crippen LogP contribution is -2.41. The molecule has 0 aliphatic carbocycles. The minimum atomic E-state index is -0.0141. The highest BCUT2D eigenvalue weighted by Gasteiger charge is 2.22. The number of hydrogen-bond acceptors (Lipinski definition) is 2. The number of amides is 1. The van der Waals surface area contributed by atoms with Crippen molar-refractivity contribution in [2.45, 2.75) is 25.3 Å². The number of nitriles is 1. The summed E-state index contributed by atoms with van der Waals surface area (Å²) < 4.78 is 0. The molecule has 15 heavy (non-hydrogen) atoms. The lowest BCUT2D eigenvalue weighted by atomic mass is 9.93. The third-order valence-corrected chi connectivity index (χ3v) is 2.67. The van der Waals surface area contributed by atoms with E-state index < -0.39 is 0 Å². The van der Waals surface area contributed by atoms with Crippen molar-refractivity contribution in [3.8, 4) is 6.07 Å². The fraction of sp³-hybridized carbons (Fsp3) is 0.333. The first-order valence-corrected chi connectivity index (χ1v) is 5.07. The molecule has 0 radical (unpaired) electrons. The maximum absolute atomic E-state index is 11.7.